The smallest absolute Gasteiger partial charge is 0.241 e. The van der Waals surface area contributed by atoms with Crippen molar-refractivity contribution >= 4 is 35.6 Å². The molecule has 21 heavy (non-hydrogen) atoms. The van der Waals surface area contributed by atoms with Crippen LogP contribution in [0.25, 0.3) is 0 Å². The molecule has 0 heterocycles. The van der Waals surface area contributed by atoms with Crippen molar-refractivity contribution in [3.05, 3.63) is 28.8 Å². The zero-order valence-electron chi connectivity index (χ0n) is 13.0. The van der Waals surface area contributed by atoms with Gasteiger partial charge < -0.3 is 10.6 Å². The number of halogens is 2. The van der Waals surface area contributed by atoms with Crippen LogP contribution in [0.4, 0.5) is 5.69 Å². The molecule has 1 aromatic carbocycles. The highest BCUT2D eigenvalue weighted by Gasteiger charge is 2.18. The molecule has 1 atom stereocenters. The zero-order valence-corrected chi connectivity index (χ0v) is 14.6. The fraction of sp³-hybridized carbons (Fsp3) is 0.562. The molecule has 0 spiro atoms. The summed E-state index contributed by atoms with van der Waals surface area (Å²) in [6, 6.07) is 5.47. The third-order valence-corrected chi connectivity index (χ3v) is 3.60. The van der Waals surface area contributed by atoms with Crippen molar-refractivity contribution in [3.63, 3.8) is 0 Å². The minimum atomic E-state index is -0.151. The molecule has 0 fully saturated rings. The Morgan fingerprint density at radius 2 is 2.00 bits per heavy atom. The van der Waals surface area contributed by atoms with Crippen LogP contribution < -0.4 is 10.6 Å². The largest absolute Gasteiger partial charge is 0.323 e. The van der Waals surface area contributed by atoms with Crippen molar-refractivity contribution in [2.75, 3.05) is 11.9 Å². The summed E-state index contributed by atoms with van der Waals surface area (Å²) in [7, 11) is 0. The molecule has 1 amide bonds. The van der Waals surface area contributed by atoms with Crippen LogP contribution in [0.3, 0.4) is 0 Å². The van der Waals surface area contributed by atoms with E-state index in [4.69, 9.17) is 11.6 Å². The van der Waals surface area contributed by atoms with Crippen LogP contribution >= 0.6 is 24.0 Å². The molecule has 0 aliphatic carbocycles. The quantitative estimate of drug-likeness (QED) is 0.685. The lowest BCUT2D eigenvalue weighted by molar-refractivity contribution is -0.118. The maximum absolute atomic E-state index is 12.4. The number of hydrogen-bond acceptors (Lipinski definition) is 2. The molecule has 0 saturated carbocycles. The summed E-state index contributed by atoms with van der Waals surface area (Å²) >= 11 is 6.15. The van der Waals surface area contributed by atoms with Gasteiger partial charge in [0.15, 0.2) is 0 Å². The van der Waals surface area contributed by atoms with Crippen molar-refractivity contribution in [3.8, 4) is 0 Å². The Balaban J connectivity index is 0.00000400. The van der Waals surface area contributed by atoms with Crippen LogP contribution in [0.2, 0.25) is 5.02 Å². The predicted octanol–water partition coefficient (Wildman–Crippen LogP) is 4.57. The number of rotatable bonds is 8. The topological polar surface area (TPSA) is 41.1 Å². The van der Waals surface area contributed by atoms with Gasteiger partial charge in [-0.25, -0.2) is 0 Å². The van der Waals surface area contributed by atoms with Gasteiger partial charge in [0, 0.05) is 0 Å². The van der Waals surface area contributed by atoms with Crippen LogP contribution in [0.1, 0.15) is 45.1 Å². The second-order valence-corrected chi connectivity index (χ2v) is 5.48. The lowest BCUT2D eigenvalue weighted by Gasteiger charge is -2.19. The summed E-state index contributed by atoms with van der Waals surface area (Å²) in [5.74, 6) is -0.000784. The third-order valence-electron chi connectivity index (χ3n) is 3.29. The maximum atomic E-state index is 12.4. The number of para-hydroxylation sites is 1. The molecule has 0 aliphatic heterocycles. The van der Waals surface area contributed by atoms with Crippen LogP contribution in [0.15, 0.2) is 18.2 Å². The average Bonchev–Trinajstić information content (AvgIpc) is 2.42. The molecule has 120 valence electrons. The standard InChI is InChI=1S/C16H25ClN2O.ClH/c1-4-6-11-18-14(8-5-2)16(20)19-15-12(3)9-7-10-13(15)17;/h7,9-10,14,18H,4-6,8,11H2,1-3H3,(H,19,20);1H. The number of nitrogens with one attached hydrogen (secondary N) is 2. The zero-order chi connectivity index (χ0) is 15.0. The molecule has 0 bridgehead atoms. The van der Waals surface area contributed by atoms with Gasteiger partial charge >= 0.3 is 0 Å². The number of anilines is 1. The Hall–Kier alpha value is -0.770. The summed E-state index contributed by atoms with van der Waals surface area (Å²) in [6.45, 7) is 7.04. The molecule has 5 heteroatoms. The number of aryl methyl sites for hydroxylation is 1. The van der Waals surface area contributed by atoms with E-state index >= 15 is 0 Å². The van der Waals surface area contributed by atoms with Gasteiger partial charge in [-0.05, 0) is 37.9 Å². The summed E-state index contributed by atoms with van der Waals surface area (Å²) in [5.41, 5.74) is 1.70. The van der Waals surface area contributed by atoms with E-state index in [2.05, 4.69) is 24.5 Å². The maximum Gasteiger partial charge on any atom is 0.241 e. The third kappa shape index (κ3) is 6.68. The molecule has 0 aromatic heterocycles. The van der Waals surface area contributed by atoms with Crippen molar-refractivity contribution in [2.45, 2.75) is 52.5 Å². The lowest BCUT2D eigenvalue weighted by Crippen LogP contribution is -2.41. The first kappa shape index (κ1) is 20.2. The van der Waals surface area contributed by atoms with Gasteiger partial charge in [0.1, 0.15) is 0 Å². The molecule has 1 aromatic rings. The SMILES string of the molecule is CCCCNC(CCC)C(=O)Nc1c(C)cccc1Cl.Cl. The number of amides is 1. The first-order chi connectivity index (χ1) is 9.60. The molecule has 1 unspecified atom stereocenters. The lowest BCUT2D eigenvalue weighted by atomic mass is 10.1. The van der Waals surface area contributed by atoms with E-state index in [9.17, 15) is 4.79 Å². The number of hydrogen-bond donors (Lipinski definition) is 2. The molecule has 1 rings (SSSR count). The first-order valence-electron chi connectivity index (χ1n) is 7.39. The van der Waals surface area contributed by atoms with Crippen LogP contribution in [0.5, 0.6) is 0 Å². The Kier molecular flexibility index (Phi) is 10.5. The van der Waals surface area contributed by atoms with Gasteiger partial charge in [0.2, 0.25) is 5.91 Å². The van der Waals surface area contributed by atoms with Crippen LogP contribution in [0, 0.1) is 6.92 Å². The summed E-state index contributed by atoms with van der Waals surface area (Å²) in [6.07, 6.45) is 4.01. The predicted molar refractivity (Wildman–Crippen MR) is 93.7 cm³/mol. The Bertz CT molecular complexity index is 418. The molecular formula is C16H26Cl2N2O. The van der Waals surface area contributed by atoms with Gasteiger partial charge in [-0.1, -0.05) is 50.4 Å². The monoisotopic (exact) mass is 332 g/mol. The number of unbranched alkanes of at least 4 members (excludes halogenated alkanes) is 1. The molecular weight excluding hydrogens is 307 g/mol. The fourth-order valence-electron chi connectivity index (χ4n) is 2.07. The van der Waals surface area contributed by atoms with Crippen molar-refractivity contribution in [1.29, 1.82) is 0 Å². The van der Waals surface area contributed by atoms with Crippen molar-refractivity contribution in [1.82, 2.24) is 5.32 Å². The molecule has 0 aliphatic rings. The second kappa shape index (κ2) is 10.9. The second-order valence-electron chi connectivity index (χ2n) is 5.07. The van der Waals surface area contributed by atoms with E-state index in [-0.39, 0.29) is 24.4 Å². The highest BCUT2D eigenvalue weighted by Crippen LogP contribution is 2.25. The van der Waals surface area contributed by atoms with Gasteiger partial charge in [-0.3, -0.25) is 4.79 Å². The van der Waals surface area contributed by atoms with Crippen molar-refractivity contribution in [2.24, 2.45) is 0 Å². The number of carbonyl (C=O) groups is 1. The fourth-order valence-corrected chi connectivity index (χ4v) is 2.34. The van der Waals surface area contributed by atoms with Crippen LogP contribution in [-0.4, -0.2) is 18.5 Å². The van der Waals surface area contributed by atoms with E-state index in [1.165, 1.54) is 0 Å². The summed E-state index contributed by atoms with van der Waals surface area (Å²) < 4.78 is 0. The summed E-state index contributed by atoms with van der Waals surface area (Å²) in [4.78, 5) is 12.4. The van der Waals surface area contributed by atoms with Crippen molar-refractivity contribution < 1.29 is 4.79 Å². The molecule has 0 radical (unpaired) electrons. The normalized spacial score (nSPS) is 11.6. The minimum absolute atomic E-state index is 0. The Morgan fingerprint density at radius 3 is 2.57 bits per heavy atom. The highest BCUT2D eigenvalue weighted by molar-refractivity contribution is 6.34. The Labute approximate surface area is 139 Å². The highest BCUT2D eigenvalue weighted by atomic mass is 35.5. The van der Waals surface area contributed by atoms with E-state index in [0.717, 1.165) is 43.5 Å². The first-order valence-corrected chi connectivity index (χ1v) is 7.77. The Morgan fingerprint density at radius 1 is 1.29 bits per heavy atom. The molecule has 3 nitrogen and oxygen atoms in total. The van der Waals surface area contributed by atoms with Crippen LogP contribution in [-0.2, 0) is 4.79 Å². The summed E-state index contributed by atoms with van der Waals surface area (Å²) in [5, 5.41) is 6.87. The number of carbonyl (C=O) groups excluding carboxylic acids is 1. The number of benzene rings is 1. The minimum Gasteiger partial charge on any atom is -0.323 e. The van der Waals surface area contributed by atoms with E-state index in [1.807, 2.05) is 19.1 Å². The van der Waals surface area contributed by atoms with Gasteiger partial charge in [0.25, 0.3) is 0 Å². The molecule has 0 saturated heterocycles. The van der Waals surface area contributed by atoms with Gasteiger partial charge in [0.05, 0.1) is 16.8 Å². The van der Waals surface area contributed by atoms with E-state index in [0.29, 0.717) is 5.02 Å². The van der Waals surface area contributed by atoms with Gasteiger partial charge in [-0.15, -0.1) is 12.4 Å². The van der Waals surface area contributed by atoms with Gasteiger partial charge in [-0.2, -0.15) is 0 Å². The van der Waals surface area contributed by atoms with E-state index in [1.54, 1.807) is 6.07 Å². The molecule has 2 N–H and O–H groups in total. The average molecular weight is 333 g/mol. The van der Waals surface area contributed by atoms with E-state index < -0.39 is 0 Å².